The van der Waals surface area contributed by atoms with Crippen molar-refractivity contribution in [2.45, 2.75) is 13.1 Å². The summed E-state index contributed by atoms with van der Waals surface area (Å²) in [5.41, 5.74) is 0.684. The van der Waals surface area contributed by atoms with E-state index in [1.807, 2.05) is 6.92 Å². The van der Waals surface area contributed by atoms with Crippen molar-refractivity contribution in [1.82, 2.24) is 9.55 Å². The smallest absolute Gasteiger partial charge is 0.295 e. The van der Waals surface area contributed by atoms with Gasteiger partial charge < -0.3 is 0 Å². The third kappa shape index (κ3) is 1.93. The van der Waals surface area contributed by atoms with Crippen LogP contribution in [-0.2, 0) is 6.18 Å². The maximum absolute atomic E-state index is 12.6. The molecule has 0 aliphatic carbocycles. The summed E-state index contributed by atoms with van der Waals surface area (Å²) in [6, 6.07) is 6.78. The second kappa shape index (κ2) is 3.66. The van der Waals surface area contributed by atoms with E-state index in [1.165, 1.54) is 0 Å². The molecule has 2 rings (SSSR count). The maximum atomic E-state index is 12.6. The Hall–Kier alpha value is -1.78. The SMILES string of the molecule is Cc1ccc(-n2cncc2C(F)(F)F)cc1. The highest BCUT2D eigenvalue weighted by molar-refractivity contribution is 5.36. The van der Waals surface area contributed by atoms with Crippen molar-refractivity contribution in [3.05, 3.63) is 48.0 Å². The highest BCUT2D eigenvalue weighted by atomic mass is 19.4. The van der Waals surface area contributed by atoms with E-state index in [1.54, 1.807) is 24.3 Å². The van der Waals surface area contributed by atoms with E-state index in [4.69, 9.17) is 0 Å². The average molecular weight is 226 g/mol. The molecule has 5 heteroatoms. The van der Waals surface area contributed by atoms with Crippen molar-refractivity contribution in [1.29, 1.82) is 0 Å². The zero-order chi connectivity index (χ0) is 11.8. The van der Waals surface area contributed by atoms with E-state index in [2.05, 4.69) is 4.98 Å². The predicted molar refractivity (Wildman–Crippen MR) is 53.3 cm³/mol. The number of halogens is 3. The summed E-state index contributed by atoms with van der Waals surface area (Å²) < 4.78 is 38.8. The van der Waals surface area contributed by atoms with Crippen LogP contribution in [0.5, 0.6) is 0 Å². The first kappa shape index (κ1) is 10.7. The zero-order valence-corrected chi connectivity index (χ0v) is 8.49. The number of aryl methyl sites for hydroxylation is 1. The lowest BCUT2D eigenvalue weighted by Crippen LogP contribution is -2.11. The highest BCUT2D eigenvalue weighted by Gasteiger charge is 2.34. The maximum Gasteiger partial charge on any atom is 0.433 e. The van der Waals surface area contributed by atoms with Crippen LogP contribution in [0.2, 0.25) is 0 Å². The van der Waals surface area contributed by atoms with Crippen LogP contribution in [0.4, 0.5) is 13.2 Å². The molecule has 0 atom stereocenters. The molecule has 1 aromatic carbocycles. The van der Waals surface area contributed by atoms with Gasteiger partial charge in [0.25, 0.3) is 0 Å². The van der Waals surface area contributed by atoms with Crippen molar-refractivity contribution < 1.29 is 13.2 Å². The van der Waals surface area contributed by atoms with Gasteiger partial charge >= 0.3 is 6.18 Å². The molecule has 16 heavy (non-hydrogen) atoms. The van der Waals surface area contributed by atoms with Crippen molar-refractivity contribution >= 4 is 0 Å². The Morgan fingerprint density at radius 2 is 1.75 bits per heavy atom. The van der Waals surface area contributed by atoms with Gasteiger partial charge in [0, 0.05) is 5.69 Å². The highest BCUT2D eigenvalue weighted by Crippen LogP contribution is 2.30. The number of imidazole rings is 1. The van der Waals surface area contributed by atoms with Gasteiger partial charge in [0.2, 0.25) is 0 Å². The molecule has 0 N–H and O–H groups in total. The van der Waals surface area contributed by atoms with E-state index >= 15 is 0 Å². The third-order valence-corrected chi connectivity index (χ3v) is 2.24. The van der Waals surface area contributed by atoms with Crippen LogP contribution in [0.15, 0.2) is 36.8 Å². The van der Waals surface area contributed by atoms with E-state index in [0.717, 1.165) is 22.7 Å². The van der Waals surface area contributed by atoms with E-state index in [-0.39, 0.29) is 0 Å². The molecule has 2 aromatic rings. The van der Waals surface area contributed by atoms with Crippen LogP contribution in [0.25, 0.3) is 5.69 Å². The molecule has 0 amide bonds. The lowest BCUT2D eigenvalue weighted by Gasteiger charge is -2.10. The molecule has 0 bridgehead atoms. The lowest BCUT2D eigenvalue weighted by atomic mass is 10.2. The van der Waals surface area contributed by atoms with Gasteiger partial charge in [0.1, 0.15) is 5.69 Å². The number of nitrogens with zero attached hydrogens (tertiary/aromatic N) is 2. The first-order valence-electron chi connectivity index (χ1n) is 4.65. The van der Waals surface area contributed by atoms with Crippen molar-refractivity contribution in [2.75, 3.05) is 0 Å². The summed E-state index contributed by atoms with van der Waals surface area (Å²) in [5, 5.41) is 0. The topological polar surface area (TPSA) is 17.8 Å². The first-order chi connectivity index (χ1) is 7.48. The van der Waals surface area contributed by atoms with Crippen LogP contribution in [0.1, 0.15) is 11.3 Å². The molecular weight excluding hydrogens is 217 g/mol. The van der Waals surface area contributed by atoms with Gasteiger partial charge in [0.15, 0.2) is 0 Å². The minimum atomic E-state index is -4.39. The number of hydrogen-bond acceptors (Lipinski definition) is 1. The molecule has 0 saturated carbocycles. The van der Waals surface area contributed by atoms with Gasteiger partial charge in [0.05, 0.1) is 12.5 Å². The first-order valence-corrected chi connectivity index (χ1v) is 4.65. The van der Waals surface area contributed by atoms with Crippen LogP contribution in [-0.4, -0.2) is 9.55 Å². The number of rotatable bonds is 1. The van der Waals surface area contributed by atoms with E-state index < -0.39 is 11.9 Å². The van der Waals surface area contributed by atoms with Crippen LogP contribution in [0, 0.1) is 6.92 Å². The Balaban J connectivity index is 2.49. The monoisotopic (exact) mass is 226 g/mol. The fraction of sp³-hybridized carbons (Fsp3) is 0.182. The largest absolute Gasteiger partial charge is 0.433 e. The second-order valence-corrected chi connectivity index (χ2v) is 3.48. The normalized spacial score (nSPS) is 11.8. The quantitative estimate of drug-likeness (QED) is 0.730. The summed E-state index contributed by atoms with van der Waals surface area (Å²) in [4.78, 5) is 3.53. The van der Waals surface area contributed by atoms with Gasteiger partial charge in [-0.1, -0.05) is 17.7 Å². The summed E-state index contributed by atoms with van der Waals surface area (Å²) in [6.07, 6.45) is -2.41. The molecule has 0 aliphatic heterocycles. The van der Waals surface area contributed by atoms with Gasteiger partial charge in [-0.3, -0.25) is 4.57 Å². The molecule has 2 nitrogen and oxygen atoms in total. The Labute approximate surface area is 90.4 Å². The van der Waals surface area contributed by atoms with Crippen molar-refractivity contribution in [3.63, 3.8) is 0 Å². The summed E-state index contributed by atoms with van der Waals surface area (Å²) in [6.45, 7) is 1.88. The van der Waals surface area contributed by atoms with Gasteiger partial charge in [-0.2, -0.15) is 13.2 Å². The zero-order valence-electron chi connectivity index (χ0n) is 8.49. The molecule has 0 spiro atoms. The van der Waals surface area contributed by atoms with Gasteiger partial charge in [-0.25, -0.2) is 4.98 Å². The van der Waals surface area contributed by atoms with E-state index in [0.29, 0.717) is 5.69 Å². The molecule has 0 saturated heterocycles. The van der Waals surface area contributed by atoms with Crippen molar-refractivity contribution in [2.24, 2.45) is 0 Å². The predicted octanol–water partition coefficient (Wildman–Crippen LogP) is 3.20. The molecule has 84 valence electrons. The second-order valence-electron chi connectivity index (χ2n) is 3.48. The van der Waals surface area contributed by atoms with Crippen molar-refractivity contribution in [3.8, 4) is 5.69 Å². The minimum absolute atomic E-state index is 0.454. The Bertz CT molecular complexity index is 483. The Kier molecular flexibility index (Phi) is 2.46. The molecular formula is C11H9F3N2. The molecule has 0 fully saturated rings. The lowest BCUT2D eigenvalue weighted by molar-refractivity contribution is -0.142. The Morgan fingerprint density at radius 1 is 1.12 bits per heavy atom. The minimum Gasteiger partial charge on any atom is -0.295 e. The average Bonchev–Trinajstić information content (AvgIpc) is 2.66. The Morgan fingerprint density at radius 3 is 2.31 bits per heavy atom. The molecule has 0 radical (unpaired) electrons. The number of aromatic nitrogens is 2. The summed E-state index contributed by atoms with van der Waals surface area (Å²) in [5.74, 6) is 0. The standard InChI is InChI=1S/C11H9F3N2/c1-8-2-4-9(5-3-8)16-7-15-6-10(16)11(12,13)14/h2-7H,1H3. The summed E-state index contributed by atoms with van der Waals surface area (Å²) >= 11 is 0. The van der Waals surface area contributed by atoms with Crippen LogP contribution in [0.3, 0.4) is 0 Å². The van der Waals surface area contributed by atoms with Crippen LogP contribution >= 0.6 is 0 Å². The third-order valence-electron chi connectivity index (χ3n) is 2.24. The fourth-order valence-electron chi connectivity index (χ4n) is 1.42. The van der Waals surface area contributed by atoms with Gasteiger partial charge in [-0.15, -0.1) is 0 Å². The van der Waals surface area contributed by atoms with Crippen LogP contribution < -0.4 is 0 Å². The molecule has 1 heterocycles. The summed E-state index contributed by atoms with van der Waals surface area (Å²) in [7, 11) is 0. The molecule has 0 aliphatic rings. The van der Waals surface area contributed by atoms with E-state index in [9.17, 15) is 13.2 Å². The molecule has 0 unspecified atom stereocenters. The number of hydrogen-bond donors (Lipinski definition) is 0. The fourth-order valence-corrected chi connectivity index (χ4v) is 1.42. The van der Waals surface area contributed by atoms with Gasteiger partial charge in [-0.05, 0) is 19.1 Å². The molecule has 1 aromatic heterocycles. The number of benzene rings is 1. The number of alkyl halides is 3.